The van der Waals surface area contributed by atoms with Gasteiger partial charge in [0.1, 0.15) is 5.82 Å². The van der Waals surface area contributed by atoms with Gasteiger partial charge in [-0.2, -0.15) is 5.10 Å². The molecule has 0 aliphatic carbocycles. The van der Waals surface area contributed by atoms with E-state index in [9.17, 15) is 4.79 Å². The largest absolute Gasteiger partial charge is 0.378 e. The molecule has 0 radical (unpaired) electrons. The predicted molar refractivity (Wildman–Crippen MR) is 156 cm³/mol. The molecule has 0 spiro atoms. The minimum atomic E-state index is -0.308. The standard InChI is InChI=1S/C32H32N6O/c1-22-10-8-11-25(20-22)33-32(39)37-21-28-23(2)34-38(27-12-6-5-7-13-27)31(28)36-19-9-14-29(36)30(37)24-15-17-26(18-16-24)35(3)4/h5-20,30H,21H2,1-4H3,(H,33,39)/t30-/m1/s1. The summed E-state index contributed by atoms with van der Waals surface area (Å²) in [7, 11) is 4.06. The Hall–Kier alpha value is -4.78. The number of carbonyl (C=O) groups excluding carboxylic acids is 1. The van der Waals surface area contributed by atoms with E-state index >= 15 is 0 Å². The molecule has 3 aromatic carbocycles. The van der Waals surface area contributed by atoms with Crippen LogP contribution in [-0.2, 0) is 6.54 Å². The molecule has 1 aliphatic heterocycles. The van der Waals surface area contributed by atoms with Crippen LogP contribution in [0.5, 0.6) is 0 Å². The van der Waals surface area contributed by atoms with Crippen LogP contribution in [0.1, 0.15) is 34.1 Å². The monoisotopic (exact) mass is 516 g/mol. The normalized spacial score (nSPS) is 14.4. The number of amides is 2. The number of anilines is 2. The summed E-state index contributed by atoms with van der Waals surface area (Å²) in [4.78, 5) is 18.1. The number of fused-ring (bicyclic) bond motifs is 3. The van der Waals surface area contributed by atoms with Gasteiger partial charge in [0.05, 0.1) is 29.7 Å². The highest BCUT2D eigenvalue weighted by molar-refractivity contribution is 5.90. The van der Waals surface area contributed by atoms with Gasteiger partial charge < -0.3 is 19.7 Å². The first kappa shape index (κ1) is 24.6. The topological polar surface area (TPSA) is 58.3 Å². The molecule has 0 unspecified atom stereocenters. The van der Waals surface area contributed by atoms with Gasteiger partial charge in [-0.15, -0.1) is 0 Å². The number of nitrogens with one attached hydrogen (secondary N) is 1. The van der Waals surface area contributed by atoms with E-state index in [1.54, 1.807) is 0 Å². The fourth-order valence-electron chi connectivity index (χ4n) is 5.37. The van der Waals surface area contributed by atoms with Crippen LogP contribution in [0.2, 0.25) is 0 Å². The molecule has 0 fully saturated rings. The summed E-state index contributed by atoms with van der Waals surface area (Å²) in [5.41, 5.74) is 7.91. The Balaban J connectivity index is 1.52. The molecular weight excluding hydrogens is 484 g/mol. The van der Waals surface area contributed by atoms with E-state index in [0.717, 1.165) is 51.0 Å². The van der Waals surface area contributed by atoms with Gasteiger partial charge in [-0.25, -0.2) is 9.48 Å². The van der Waals surface area contributed by atoms with Crippen molar-refractivity contribution in [1.82, 2.24) is 19.2 Å². The first-order valence-electron chi connectivity index (χ1n) is 13.1. The van der Waals surface area contributed by atoms with Crippen molar-refractivity contribution in [3.63, 3.8) is 0 Å². The van der Waals surface area contributed by atoms with E-state index in [-0.39, 0.29) is 12.1 Å². The number of hydrogen-bond acceptors (Lipinski definition) is 3. The van der Waals surface area contributed by atoms with Crippen molar-refractivity contribution in [1.29, 1.82) is 0 Å². The van der Waals surface area contributed by atoms with Crippen LogP contribution in [0, 0.1) is 13.8 Å². The zero-order chi connectivity index (χ0) is 27.1. The Bertz CT molecular complexity index is 1630. The first-order valence-corrected chi connectivity index (χ1v) is 13.1. The number of hydrogen-bond donors (Lipinski definition) is 1. The fourth-order valence-corrected chi connectivity index (χ4v) is 5.37. The SMILES string of the molecule is Cc1cccc(NC(=O)N2Cc3c(C)nn(-c4ccccc4)c3-n3cccc3[C@H]2c2ccc(N(C)C)cc2)c1. The van der Waals surface area contributed by atoms with Gasteiger partial charge in [0.25, 0.3) is 0 Å². The molecule has 7 heteroatoms. The Kier molecular flexibility index (Phi) is 6.19. The molecule has 196 valence electrons. The molecule has 7 nitrogen and oxygen atoms in total. The zero-order valence-corrected chi connectivity index (χ0v) is 22.7. The van der Waals surface area contributed by atoms with Crippen LogP contribution in [0.25, 0.3) is 11.5 Å². The molecule has 0 bridgehead atoms. The van der Waals surface area contributed by atoms with Crippen molar-refractivity contribution in [3.8, 4) is 11.5 Å². The lowest BCUT2D eigenvalue weighted by molar-refractivity contribution is 0.194. The number of benzene rings is 3. The number of urea groups is 1. The van der Waals surface area contributed by atoms with Gasteiger partial charge in [0.2, 0.25) is 0 Å². The quantitative estimate of drug-likeness (QED) is 0.297. The number of carbonyl (C=O) groups is 1. The molecule has 2 aromatic heterocycles. The average molecular weight is 517 g/mol. The summed E-state index contributed by atoms with van der Waals surface area (Å²) in [5, 5.41) is 8.10. The minimum Gasteiger partial charge on any atom is -0.378 e. The summed E-state index contributed by atoms with van der Waals surface area (Å²) in [6.45, 7) is 4.45. The minimum absolute atomic E-state index is 0.158. The molecule has 6 rings (SSSR count). The highest BCUT2D eigenvalue weighted by Gasteiger charge is 2.36. The second kappa shape index (κ2) is 9.83. The molecule has 1 aliphatic rings. The van der Waals surface area contributed by atoms with Gasteiger partial charge in [-0.3, -0.25) is 0 Å². The molecule has 2 amide bonds. The Morgan fingerprint density at radius 1 is 0.923 bits per heavy atom. The van der Waals surface area contributed by atoms with Crippen LogP contribution < -0.4 is 10.2 Å². The molecule has 0 saturated carbocycles. The van der Waals surface area contributed by atoms with Crippen LogP contribution in [0.4, 0.5) is 16.2 Å². The summed E-state index contributed by atoms with van der Waals surface area (Å²) in [6, 6.07) is 30.2. The van der Waals surface area contributed by atoms with Crippen molar-refractivity contribution >= 4 is 17.4 Å². The van der Waals surface area contributed by atoms with E-state index in [0.29, 0.717) is 6.54 Å². The molecule has 1 atom stereocenters. The van der Waals surface area contributed by atoms with Gasteiger partial charge in [-0.05, 0) is 73.5 Å². The number of nitrogens with zero attached hydrogens (tertiary/aromatic N) is 5. The third-order valence-electron chi connectivity index (χ3n) is 7.34. The van der Waals surface area contributed by atoms with Crippen molar-refractivity contribution in [2.45, 2.75) is 26.4 Å². The van der Waals surface area contributed by atoms with E-state index in [4.69, 9.17) is 5.10 Å². The maximum absolute atomic E-state index is 14.1. The first-order chi connectivity index (χ1) is 18.9. The van der Waals surface area contributed by atoms with E-state index in [1.807, 2.05) is 86.1 Å². The van der Waals surface area contributed by atoms with Crippen LogP contribution in [-0.4, -0.2) is 39.4 Å². The van der Waals surface area contributed by atoms with Crippen LogP contribution >= 0.6 is 0 Å². The van der Waals surface area contributed by atoms with E-state index in [1.165, 1.54) is 0 Å². The molecular formula is C32H32N6O. The van der Waals surface area contributed by atoms with Gasteiger partial charge in [-0.1, -0.05) is 42.5 Å². The second-order valence-corrected chi connectivity index (χ2v) is 10.3. The Labute approximate surface area is 228 Å². The molecule has 0 saturated heterocycles. The lowest BCUT2D eigenvalue weighted by Gasteiger charge is -2.31. The smallest absolute Gasteiger partial charge is 0.322 e. The third-order valence-corrected chi connectivity index (χ3v) is 7.34. The number of aromatic nitrogens is 3. The zero-order valence-electron chi connectivity index (χ0n) is 22.7. The lowest BCUT2D eigenvalue weighted by atomic mass is 10.0. The van der Waals surface area contributed by atoms with Crippen molar-refractivity contribution in [2.24, 2.45) is 0 Å². The fraction of sp³-hybridized carbons (Fsp3) is 0.188. The van der Waals surface area contributed by atoms with Crippen molar-refractivity contribution in [2.75, 3.05) is 24.3 Å². The lowest BCUT2D eigenvalue weighted by Crippen LogP contribution is -2.38. The van der Waals surface area contributed by atoms with E-state index < -0.39 is 0 Å². The molecule has 39 heavy (non-hydrogen) atoms. The molecule has 1 N–H and O–H groups in total. The summed E-state index contributed by atoms with van der Waals surface area (Å²) in [6.07, 6.45) is 2.07. The highest BCUT2D eigenvalue weighted by Crippen LogP contribution is 2.39. The number of aryl methyl sites for hydroxylation is 2. The van der Waals surface area contributed by atoms with E-state index in [2.05, 4.69) is 63.4 Å². The molecule has 3 heterocycles. The Morgan fingerprint density at radius 2 is 1.69 bits per heavy atom. The van der Waals surface area contributed by atoms with Gasteiger partial charge in [0.15, 0.2) is 0 Å². The average Bonchev–Trinajstić information content (AvgIpc) is 3.49. The summed E-state index contributed by atoms with van der Waals surface area (Å²) >= 11 is 0. The second-order valence-electron chi connectivity index (χ2n) is 10.3. The number of rotatable bonds is 4. The molecule has 5 aromatic rings. The van der Waals surface area contributed by atoms with Gasteiger partial charge >= 0.3 is 6.03 Å². The highest BCUT2D eigenvalue weighted by atomic mass is 16.2. The van der Waals surface area contributed by atoms with Gasteiger partial charge in [0, 0.05) is 37.2 Å². The summed E-state index contributed by atoms with van der Waals surface area (Å²) < 4.78 is 4.18. The van der Waals surface area contributed by atoms with Crippen molar-refractivity contribution in [3.05, 3.63) is 125 Å². The van der Waals surface area contributed by atoms with Crippen LogP contribution in [0.3, 0.4) is 0 Å². The summed E-state index contributed by atoms with van der Waals surface area (Å²) in [5.74, 6) is 0.958. The predicted octanol–water partition coefficient (Wildman–Crippen LogP) is 6.48. The maximum Gasteiger partial charge on any atom is 0.322 e. The van der Waals surface area contributed by atoms with Crippen LogP contribution in [0.15, 0.2) is 97.2 Å². The Morgan fingerprint density at radius 3 is 2.41 bits per heavy atom. The maximum atomic E-state index is 14.1. The third kappa shape index (κ3) is 4.46. The number of para-hydroxylation sites is 1. The van der Waals surface area contributed by atoms with Crippen molar-refractivity contribution < 1.29 is 4.79 Å².